The maximum Gasteiger partial charge on any atom is 0.187 e. The highest BCUT2D eigenvalue weighted by Crippen LogP contribution is 2.28. The van der Waals surface area contributed by atoms with Crippen molar-refractivity contribution in [3.05, 3.63) is 53.5 Å². The third-order valence-corrected chi connectivity index (χ3v) is 4.47. The summed E-state index contributed by atoms with van der Waals surface area (Å²) in [6.45, 7) is 5.35. The summed E-state index contributed by atoms with van der Waals surface area (Å²) >= 11 is 1.65. The van der Waals surface area contributed by atoms with Gasteiger partial charge in [-0.2, -0.15) is 0 Å². The summed E-state index contributed by atoms with van der Waals surface area (Å²) in [4.78, 5) is 4.71. The van der Waals surface area contributed by atoms with Gasteiger partial charge >= 0.3 is 0 Å². The number of hydrogen-bond acceptors (Lipinski definition) is 4. The molecule has 3 nitrogen and oxygen atoms in total. The molecule has 1 aromatic heterocycles. The first kappa shape index (κ1) is 15.0. The Labute approximate surface area is 135 Å². The second-order valence-corrected chi connectivity index (χ2v) is 6.26. The van der Waals surface area contributed by atoms with Gasteiger partial charge in [0.15, 0.2) is 5.13 Å². The van der Waals surface area contributed by atoms with E-state index >= 15 is 0 Å². The second kappa shape index (κ2) is 6.90. The largest absolute Gasteiger partial charge is 0.331 e. The fraction of sp³-hybridized carbons (Fsp3) is 0.278. The molecule has 1 unspecified atom stereocenters. The summed E-state index contributed by atoms with van der Waals surface area (Å²) in [6, 6.07) is 15.0. The molecule has 1 atom stereocenters. The van der Waals surface area contributed by atoms with Crippen molar-refractivity contribution in [2.45, 2.75) is 26.3 Å². The molecule has 2 N–H and O–H groups in total. The highest BCUT2D eigenvalue weighted by molar-refractivity contribution is 7.13. The molecule has 0 amide bonds. The van der Waals surface area contributed by atoms with Crippen LogP contribution in [0.4, 0.5) is 10.8 Å². The van der Waals surface area contributed by atoms with Crippen molar-refractivity contribution in [1.82, 2.24) is 10.3 Å². The van der Waals surface area contributed by atoms with E-state index in [1.807, 2.05) is 0 Å². The summed E-state index contributed by atoms with van der Waals surface area (Å²) < 4.78 is 0. The molecule has 0 saturated heterocycles. The van der Waals surface area contributed by atoms with Crippen LogP contribution in [0.3, 0.4) is 0 Å². The van der Waals surface area contributed by atoms with E-state index in [0.29, 0.717) is 6.04 Å². The summed E-state index contributed by atoms with van der Waals surface area (Å²) in [5.41, 5.74) is 2.20. The molecule has 4 heteroatoms. The number of nitrogens with zero attached hydrogens (tertiary/aromatic N) is 1. The van der Waals surface area contributed by atoms with E-state index in [1.165, 1.54) is 10.8 Å². The fourth-order valence-electron chi connectivity index (χ4n) is 2.46. The maximum absolute atomic E-state index is 4.71. The zero-order valence-corrected chi connectivity index (χ0v) is 13.8. The van der Waals surface area contributed by atoms with E-state index in [0.717, 1.165) is 29.5 Å². The van der Waals surface area contributed by atoms with E-state index in [9.17, 15) is 0 Å². The Kier molecular flexibility index (Phi) is 4.71. The van der Waals surface area contributed by atoms with Gasteiger partial charge in [-0.25, -0.2) is 4.98 Å². The first-order valence-electron chi connectivity index (χ1n) is 7.71. The van der Waals surface area contributed by atoms with Crippen molar-refractivity contribution in [3.8, 4) is 0 Å². The average Bonchev–Trinajstić information content (AvgIpc) is 3.01. The third kappa shape index (κ3) is 3.29. The Morgan fingerprint density at radius 2 is 1.95 bits per heavy atom. The average molecular weight is 311 g/mol. The molecule has 0 fully saturated rings. The van der Waals surface area contributed by atoms with Gasteiger partial charge in [-0.1, -0.05) is 43.3 Å². The van der Waals surface area contributed by atoms with Gasteiger partial charge in [-0.05, 0) is 31.3 Å². The minimum atomic E-state index is 0.291. The van der Waals surface area contributed by atoms with Gasteiger partial charge in [0.25, 0.3) is 0 Å². The topological polar surface area (TPSA) is 37.0 Å². The minimum Gasteiger partial charge on any atom is -0.331 e. The van der Waals surface area contributed by atoms with Crippen LogP contribution in [-0.2, 0) is 0 Å². The van der Waals surface area contributed by atoms with Crippen LogP contribution in [-0.4, -0.2) is 11.5 Å². The lowest BCUT2D eigenvalue weighted by molar-refractivity contribution is 0.561. The minimum absolute atomic E-state index is 0.291. The van der Waals surface area contributed by atoms with Crippen molar-refractivity contribution in [2.24, 2.45) is 0 Å². The van der Waals surface area contributed by atoms with Crippen molar-refractivity contribution in [3.63, 3.8) is 0 Å². The molecular formula is C18H21N3S. The summed E-state index contributed by atoms with van der Waals surface area (Å²) in [5, 5.41) is 12.5. The Hall–Kier alpha value is -1.91. The lowest BCUT2D eigenvalue weighted by Gasteiger charge is -2.10. The van der Waals surface area contributed by atoms with Gasteiger partial charge in [0, 0.05) is 22.5 Å². The van der Waals surface area contributed by atoms with E-state index in [1.54, 1.807) is 11.3 Å². The predicted octanol–water partition coefficient (Wildman–Crippen LogP) is 5.10. The number of hydrogen-bond donors (Lipinski definition) is 2. The molecule has 0 saturated carbocycles. The Morgan fingerprint density at radius 1 is 1.14 bits per heavy atom. The highest BCUT2D eigenvalue weighted by Gasteiger charge is 2.10. The summed E-state index contributed by atoms with van der Waals surface area (Å²) in [5.74, 6) is 0. The van der Waals surface area contributed by atoms with E-state index in [4.69, 9.17) is 4.98 Å². The molecule has 0 spiro atoms. The Balaban J connectivity index is 1.79. The van der Waals surface area contributed by atoms with Crippen LogP contribution < -0.4 is 10.6 Å². The monoisotopic (exact) mass is 311 g/mol. The maximum atomic E-state index is 4.71. The lowest BCUT2D eigenvalue weighted by atomic mass is 10.1. The number of rotatable bonds is 6. The number of benzene rings is 2. The van der Waals surface area contributed by atoms with Gasteiger partial charge in [0.05, 0.1) is 5.69 Å². The molecule has 3 rings (SSSR count). The van der Waals surface area contributed by atoms with Crippen molar-refractivity contribution < 1.29 is 0 Å². The van der Waals surface area contributed by atoms with Crippen LogP contribution in [0.25, 0.3) is 10.8 Å². The van der Waals surface area contributed by atoms with E-state index in [2.05, 4.69) is 72.3 Å². The van der Waals surface area contributed by atoms with Gasteiger partial charge in [0.1, 0.15) is 0 Å². The zero-order chi connectivity index (χ0) is 15.4. The first-order chi connectivity index (χ1) is 10.8. The number of fused-ring (bicyclic) bond motifs is 1. The summed E-state index contributed by atoms with van der Waals surface area (Å²) in [7, 11) is 0. The molecule has 0 aliphatic rings. The molecule has 2 aromatic carbocycles. The van der Waals surface area contributed by atoms with Crippen molar-refractivity contribution >= 4 is 32.9 Å². The van der Waals surface area contributed by atoms with E-state index < -0.39 is 0 Å². The van der Waals surface area contributed by atoms with Gasteiger partial charge < -0.3 is 10.6 Å². The number of aromatic nitrogens is 1. The number of anilines is 2. The van der Waals surface area contributed by atoms with Crippen LogP contribution in [0.1, 0.15) is 32.0 Å². The molecular weight excluding hydrogens is 290 g/mol. The van der Waals surface area contributed by atoms with Gasteiger partial charge in [-0.3, -0.25) is 0 Å². The molecule has 3 aromatic rings. The highest BCUT2D eigenvalue weighted by atomic mass is 32.1. The molecule has 0 aliphatic heterocycles. The smallest absolute Gasteiger partial charge is 0.187 e. The third-order valence-electron chi connectivity index (χ3n) is 3.70. The standard InChI is InChI=1S/C18H21N3S/c1-3-11-19-13(2)17-12-22-18(21-17)20-16-10-6-8-14-7-4-5-9-15(14)16/h4-10,12-13,19H,3,11H2,1-2H3,(H,20,21). The zero-order valence-electron chi connectivity index (χ0n) is 13.0. The Bertz CT molecular complexity index is 745. The quantitative estimate of drug-likeness (QED) is 0.665. The van der Waals surface area contributed by atoms with Gasteiger partial charge in [-0.15, -0.1) is 11.3 Å². The SMILES string of the molecule is CCCNC(C)c1csc(Nc2cccc3ccccc23)n1. The fourth-order valence-corrected chi connectivity index (χ4v) is 3.27. The summed E-state index contributed by atoms with van der Waals surface area (Å²) in [6.07, 6.45) is 1.13. The predicted molar refractivity (Wildman–Crippen MR) is 96.1 cm³/mol. The number of nitrogens with one attached hydrogen (secondary N) is 2. The lowest BCUT2D eigenvalue weighted by Crippen LogP contribution is -2.19. The van der Waals surface area contributed by atoms with Crippen molar-refractivity contribution in [1.29, 1.82) is 0 Å². The van der Waals surface area contributed by atoms with Crippen LogP contribution in [0, 0.1) is 0 Å². The first-order valence-corrected chi connectivity index (χ1v) is 8.59. The van der Waals surface area contributed by atoms with E-state index in [-0.39, 0.29) is 0 Å². The van der Waals surface area contributed by atoms with Crippen LogP contribution >= 0.6 is 11.3 Å². The van der Waals surface area contributed by atoms with Crippen LogP contribution in [0.5, 0.6) is 0 Å². The van der Waals surface area contributed by atoms with Crippen LogP contribution in [0.2, 0.25) is 0 Å². The normalized spacial score (nSPS) is 12.5. The molecule has 0 radical (unpaired) electrons. The molecule has 0 aliphatic carbocycles. The van der Waals surface area contributed by atoms with Crippen LogP contribution in [0.15, 0.2) is 47.8 Å². The Morgan fingerprint density at radius 3 is 2.82 bits per heavy atom. The molecule has 0 bridgehead atoms. The van der Waals surface area contributed by atoms with Crippen molar-refractivity contribution in [2.75, 3.05) is 11.9 Å². The number of thiazole rings is 1. The molecule has 22 heavy (non-hydrogen) atoms. The molecule has 1 heterocycles. The molecule has 114 valence electrons. The second-order valence-electron chi connectivity index (χ2n) is 5.41. The van der Waals surface area contributed by atoms with Gasteiger partial charge in [0.2, 0.25) is 0 Å².